The highest BCUT2D eigenvalue weighted by Gasteiger charge is 2.32. The number of piperidine rings is 1. The van der Waals surface area contributed by atoms with Gasteiger partial charge < -0.3 is 10.2 Å². The first-order valence-electron chi connectivity index (χ1n) is 6.28. The minimum atomic E-state index is -4.42. The van der Waals surface area contributed by atoms with Crippen LogP contribution in [0.3, 0.4) is 0 Å². The summed E-state index contributed by atoms with van der Waals surface area (Å²) >= 11 is 0. The second kappa shape index (κ2) is 5.73. The van der Waals surface area contributed by atoms with Crippen molar-refractivity contribution in [3.8, 4) is 0 Å². The molecule has 1 fully saturated rings. The van der Waals surface area contributed by atoms with Crippen molar-refractivity contribution in [3.63, 3.8) is 0 Å². The molecule has 1 aromatic rings. The SMILES string of the molecule is CN1CCC(CNc2nccc(C(F)(F)F)n2)CC1. The van der Waals surface area contributed by atoms with Gasteiger partial charge >= 0.3 is 6.18 Å². The van der Waals surface area contributed by atoms with Crippen molar-refractivity contribution in [3.05, 3.63) is 18.0 Å². The van der Waals surface area contributed by atoms with Gasteiger partial charge in [-0.25, -0.2) is 9.97 Å². The molecule has 1 aliphatic rings. The minimum absolute atomic E-state index is 0.0498. The zero-order chi connectivity index (χ0) is 13.9. The Balaban J connectivity index is 1.89. The monoisotopic (exact) mass is 274 g/mol. The third-order valence-corrected chi connectivity index (χ3v) is 3.33. The van der Waals surface area contributed by atoms with Gasteiger partial charge in [-0.3, -0.25) is 0 Å². The van der Waals surface area contributed by atoms with E-state index in [0.717, 1.165) is 38.2 Å². The fourth-order valence-electron chi connectivity index (χ4n) is 2.10. The lowest BCUT2D eigenvalue weighted by molar-refractivity contribution is -0.141. The molecule has 1 saturated heterocycles. The van der Waals surface area contributed by atoms with Gasteiger partial charge in [-0.15, -0.1) is 0 Å². The predicted octanol–water partition coefficient (Wildman–Crippen LogP) is 2.25. The fourth-order valence-corrected chi connectivity index (χ4v) is 2.10. The maximum absolute atomic E-state index is 12.5. The number of aromatic nitrogens is 2. The molecule has 0 atom stereocenters. The molecule has 1 aliphatic heterocycles. The van der Waals surface area contributed by atoms with Gasteiger partial charge in [0.2, 0.25) is 5.95 Å². The molecular weight excluding hydrogens is 257 g/mol. The van der Waals surface area contributed by atoms with E-state index in [-0.39, 0.29) is 5.95 Å². The van der Waals surface area contributed by atoms with E-state index >= 15 is 0 Å². The molecule has 106 valence electrons. The Hall–Kier alpha value is -1.37. The van der Waals surface area contributed by atoms with Crippen molar-refractivity contribution in [2.45, 2.75) is 19.0 Å². The van der Waals surface area contributed by atoms with E-state index in [9.17, 15) is 13.2 Å². The number of alkyl halides is 3. The molecule has 0 unspecified atom stereocenters. The van der Waals surface area contributed by atoms with Crippen LogP contribution >= 0.6 is 0 Å². The van der Waals surface area contributed by atoms with Gasteiger partial charge in [-0.05, 0) is 45.0 Å². The number of hydrogen-bond donors (Lipinski definition) is 1. The molecule has 0 aromatic carbocycles. The van der Waals surface area contributed by atoms with E-state index < -0.39 is 11.9 Å². The molecule has 1 aromatic heterocycles. The number of anilines is 1. The predicted molar refractivity (Wildman–Crippen MR) is 65.7 cm³/mol. The Morgan fingerprint density at radius 1 is 1.37 bits per heavy atom. The molecular formula is C12H17F3N4. The van der Waals surface area contributed by atoms with Gasteiger partial charge in [0.05, 0.1) is 0 Å². The second-order valence-electron chi connectivity index (χ2n) is 4.89. The number of nitrogens with one attached hydrogen (secondary N) is 1. The van der Waals surface area contributed by atoms with Crippen molar-refractivity contribution >= 4 is 5.95 Å². The highest BCUT2D eigenvalue weighted by molar-refractivity contribution is 5.26. The van der Waals surface area contributed by atoms with Crippen molar-refractivity contribution in [2.24, 2.45) is 5.92 Å². The highest BCUT2D eigenvalue weighted by Crippen LogP contribution is 2.27. The highest BCUT2D eigenvalue weighted by atomic mass is 19.4. The number of rotatable bonds is 3. The normalized spacial score (nSPS) is 18.5. The molecule has 0 aliphatic carbocycles. The van der Waals surface area contributed by atoms with Crippen LogP contribution in [0.25, 0.3) is 0 Å². The van der Waals surface area contributed by atoms with Crippen LogP contribution in [0.15, 0.2) is 12.3 Å². The summed E-state index contributed by atoms with van der Waals surface area (Å²) in [7, 11) is 2.07. The minimum Gasteiger partial charge on any atom is -0.354 e. The average molecular weight is 274 g/mol. The molecule has 0 saturated carbocycles. The summed E-state index contributed by atoms with van der Waals surface area (Å²) < 4.78 is 37.4. The first-order chi connectivity index (χ1) is 8.95. The van der Waals surface area contributed by atoms with Crippen molar-refractivity contribution < 1.29 is 13.2 Å². The second-order valence-corrected chi connectivity index (χ2v) is 4.89. The van der Waals surface area contributed by atoms with Crippen LogP contribution in [-0.4, -0.2) is 41.5 Å². The van der Waals surface area contributed by atoms with Gasteiger partial charge in [0.15, 0.2) is 0 Å². The summed E-state index contributed by atoms with van der Waals surface area (Å²) in [5.74, 6) is 0.517. The topological polar surface area (TPSA) is 41.0 Å². The van der Waals surface area contributed by atoms with E-state index in [0.29, 0.717) is 12.5 Å². The van der Waals surface area contributed by atoms with Gasteiger partial charge in [-0.2, -0.15) is 13.2 Å². The summed E-state index contributed by atoms with van der Waals surface area (Å²) in [5, 5.41) is 2.90. The van der Waals surface area contributed by atoms with Gasteiger partial charge in [0.25, 0.3) is 0 Å². The molecule has 0 radical (unpaired) electrons. The smallest absolute Gasteiger partial charge is 0.354 e. The van der Waals surface area contributed by atoms with Crippen LogP contribution in [-0.2, 0) is 6.18 Å². The zero-order valence-electron chi connectivity index (χ0n) is 10.7. The maximum Gasteiger partial charge on any atom is 0.433 e. The number of likely N-dealkylation sites (tertiary alicyclic amines) is 1. The molecule has 7 heteroatoms. The summed E-state index contributed by atoms with van der Waals surface area (Å²) in [6.45, 7) is 2.67. The Bertz CT molecular complexity index is 414. The van der Waals surface area contributed by atoms with Crippen LogP contribution in [0.1, 0.15) is 18.5 Å². The van der Waals surface area contributed by atoms with Gasteiger partial charge in [-0.1, -0.05) is 0 Å². The van der Waals surface area contributed by atoms with E-state index in [1.807, 2.05) is 0 Å². The quantitative estimate of drug-likeness (QED) is 0.918. The van der Waals surface area contributed by atoms with E-state index in [2.05, 4.69) is 27.2 Å². The molecule has 0 spiro atoms. The Labute approximate surface area is 110 Å². The molecule has 2 heterocycles. The molecule has 4 nitrogen and oxygen atoms in total. The average Bonchev–Trinajstić information content (AvgIpc) is 2.37. The number of halogens is 3. The largest absolute Gasteiger partial charge is 0.433 e. The van der Waals surface area contributed by atoms with Crippen molar-refractivity contribution in [1.82, 2.24) is 14.9 Å². The van der Waals surface area contributed by atoms with E-state index in [1.165, 1.54) is 0 Å². The van der Waals surface area contributed by atoms with Crippen LogP contribution < -0.4 is 5.32 Å². The lowest BCUT2D eigenvalue weighted by atomic mass is 9.97. The first-order valence-corrected chi connectivity index (χ1v) is 6.28. The van der Waals surface area contributed by atoms with Gasteiger partial charge in [0, 0.05) is 12.7 Å². The summed E-state index contributed by atoms with van der Waals surface area (Å²) in [6.07, 6.45) is -1.20. The first kappa shape index (κ1) is 14.0. The molecule has 0 bridgehead atoms. The van der Waals surface area contributed by atoms with Crippen LogP contribution in [0, 0.1) is 5.92 Å². The third-order valence-electron chi connectivity index (χ3n) is 3.33. The summed E-state index contributed by atoms with van der Waals surface area (Å²) in [6, 6.07) is 0.876. The Morgan fingerprint density at radius 2 is 2.05 bits per heavy atom. The molecule has 2 rings (SSSR count). The summed E-state index contributed by atoms with van der Waals surface area (Å²) in [5.41, 5.74) is -0.909. The van der Waals surface area contributed by atoms with Crippen LogP contribution in [0.5, 0.6) is 0 Å². The number of hydrogen-bond acceptors (Lipinski definition) is 4. The maximum atomic E-state index is 12.5. The Kier molecular flexibility index (Phi) is 4.24. The van der Waals surface area contributed by atoms with E-state index in [1.54, 1.807) is 0 Å². The molecule has 19 heavy (non-hydrogen) atoms. The molecule has 0 amide bonds. The van der Waals surface area contributed by atoms with Crippen LogP contribution in [0.4, 0.5) is 19.1 Å². The third kappa shape index (κ3) is 4.05. The zero-order valence-corrected chi connectivity index (χ0v) is 10.7. The fraction of sp³-hybridized carbons (Fsp3) is 0.667. The number of nitrogens with zero attached hydrogens (tertiary/aromatic N) is 3. The van der Waals surface area contributed by atoms with Crippen LogP contribution in [0.2, 0.25) is 0 Å². The van der Waals surface area contributed by atoms with Gasteiger partial charge in [0.1, 0.15) is 5.69 Å². The van der Waals surface area contributed by atoms with Crippen molar-refractivity contribution in [2.75, 3.05) is 32.0 Å². The lowest BCUT2D eigenvalue weighted by Crippen LogP contribution is -2.33. The lowest BCUT2D eigenvalue weighted by Gasteiger charge is -2.28. The Morgan fingerprint density at radius 3 is 2.68 bits per heavy atom. The molecule has 1 N–H and O–H groups in total. The summed E-state index contributed by atoms with van der Waals surface area (Å²) in [4.78, 5) is 9.55. The van der Waals surface area contributed by atoms with Crippen molar-refractivity contribution in [1.29, 1.82) is 0 Å². The standard InChI is InChI=1S/C12H17F3N4/c1-19-6-3-9(4-7-19)8-17-11-16-5-2-10(18-11)12(13,14)15/h2,5,9H,3-4,6-8H2,1H3,(H,16,17,18). The van der Waals surface area contributed by atoms with E-state index in [4.69, 9.17) is 0 Å².